The molecule has 126 valence electrons. The van der Waals surface area contributed by atoms with Gasteiger partial charge in [-0.15, -0.1) is 0 Å². The second-order valence-electron chi connectivity index (χ2n) is 6.99. The first-order valence-corrected chi connectivity index (χ1v) is 9.01. The van der Waals surface area contributed by atoms with Gasteiger partial charge in [0.1, 0.15) is 0 Å². The van der Waals surface area contributed by atoms with Gasteiger partial charge in [-0.05, 0) is 56.9 Å². The monoisotopic (exact) mass is 316 g/mol. The van der Waals surface area contributed by atoms with E-state index >= 15 is 0 Å². The number of hydrogen-bond acceptors (Lipinski definition) is 2. The SMILES string of the molecule is O=C(NC1CCC(O)CC1)N1CCCC[C@H]1Cc1ccccc1. The Kier molecular flexibility index (Phi) is 5.55. The summed E-state index contributed by atoms with van der Waals surface area (Å²) in [5.41, 5.74) is 1.30. The summed E-state index contributed by atoms with van der Waals surface area (Å²) in [6.45, 7) is 0.860. The molecule has 2 fully saturated rings. The zero-order valence-corrected chi connectivity index (χ0v) is 13.8. The molecule has 2 N–H and O–H groups in total. The highest BCUT2D eigenvalue weighted by Gasteiger charge is 2.29. The Balaban J connectivity index is 1.58. The molecule has 1 atom stereocenters. The molecular formula is C19H28N2O2. The predicted octanol–water partition coefficient (Wildman–Crippen LogP) is 3.10. The van der Waals surface area contributed by atoms with Gasteiger partial charge >= 0.3 is 6.03 Å². The molecule has 0 unspecified atom stereocenters. The largest absolute Gasteiger partial charge is 0.393 e. The van der Waals surface area contributed by atoms with Crippen molar-refractivity contribution in [3.05, 3.63) is 35.9 Å². The van der Waals surface area contributed by atoms with Crippen molar-refractivity contribution < 1.29 is 9.90 Å². The molecule has 0 bridgehead atoms. The lowest BCUT2D eigenvalue weighted by Crippen LogP contribution is -2.52. The number of piperidine rings is 1. The maximum atomic E-state index is 12.7. The van der Waals surface area contributed by atoms with Gasteiger partial charge in [-0.3, -0.25) is 0 Å². The van der Waals surface area contributed by atoms with Gasteiger partial charge in [-0.2, -0.15) is 0 Å². The van der Waals surface area contributed by atoms with E-state index in [4.69, 9.17) is 0 Å². The number of carbonyl (C=O) groups is 1. The summed E-state index contributed by atoms with van der Waals surface area (Å²) < 4.78 is 0. The summed E-state index contributed by atoms with van der Waals surface area (Å²) in [6, 6.07) is 11.1. The number of aliphatic hydroxyl groups is 1. The first-order chi connectivity index (χ1) is 11.2. The standard InChI is InChI=1S/C19H28N2O2/c22-18-11-9-16(10-12-18)20-19(23)21-13-5-4-8-17(21)14-15-6-2-1-3-7-15/h1-3,6-7,16-18,22H,4-5,8-14H2,(H,20,23)/t16?,17-,18?/m0/s1. The molecule has 2 amide bonds. The molecule has 1 saturated heterocycles. The minimum atomic E-state index is -0.177. The number of hydrogen-bond donors (Lipinski definition) is 2. The average molecular weight is 316 g/mol. The quantitative estimate of drug-likeness (QED) is 0.900. The van der Waals surface area contributed by atoms with E-state index < -0.39 is 0 Å². The minimum absolute atomic E-state index is 0.0898. The van der Waals surface area contributed by atoms with E-state index in [1.807, 2.05) is 11.0 Å². The lowest BCUT2D eigenvalue weighted by molar-refractivity contribution is 0.110. The molecular weight excluding hydrogens is 288 g/mol. The molecule has 1 aromatic rings. The Morgan fingerprint density at radius 1 is 1.09 bits per heavy atom. The van der Waals surface area contributed by atoms with E-state index in [0.29, 0.717) is 6.04 Å². The third-order valence-electron chi connectivity index (χ3n) is 5.23. The number of aliphatic hydroxyl groups excluding tert-OH is 1. The maximum Gasteiger partial charge on any atom is 0.317 e. The molecule has 0 aromatic heterocycles. The van der Waals surface area contributed by atoms with Gasteiger partial charge in [0.2, 0.25) is 0 Å². The predicted molar refractivity (Wildman–Crippen MR) is 91.3 cm³/mol. The van der Waals surface area contributed by atoms with Crippen molar-refractivity contribution in [1.29, 1.82) is 0 Å². The van der Waals surface area contributed by atoms with Crippen LogP contribution in [-0.2, 0) is 6.42 Å². The van der Waals surface area contributed by atoms with Crippen LogP contribution < -0.4 is 5.32 Å². The number of nitrogens with one attached hydrogen (secondary N) is 1. The zero-order valence-electron chi connectivity index (χ0n) is 13.8. The van der Waals surface area contributed by atoms with E-state index in [9.17, 15) is 9.90 Å². The van der Waals surface area contributed by atoms with Crippen LogP contribution in [0.2, 0.25) is 0 Å². The maximum absolute atomic E-state index is 12.7. The van der Waals surface area contributed by atoms with Crippen LogP contribution in [0.5, 0.6) is 0 Å². The topological polar surface area (TPSA) is 52.6 Å². The fraction of sp³-hybridized carbons (Fsp3) is 0.632. The lowest BCUT2D eigenvalue weighted by atomic mass is 9.93. The Bertz CT molecular complexity index is 497. The lowest BCUT2D eigenvalue weighted by Gasteiger charge is -2.37. The van der Waals surface area contributed by atoms with E-state index in [1.165, 1.54) is 12.0 Å². The average Bonchev–Trinajstić information content (AvgIpc) is 2.58. The molecule has 1 aromatic carbocycles. The number of likely N-dealkylation sites (tertiary alicyclic amines) is 1. The van der Waals surface area contributed by atoms with Crippen LogP contribution in [0.4, 0.5) is 4.79 Å². The molecule has 4 nitrogen and oxygen atoms in total. The van der Waals surface area contributed by atoms with Crippen molar-refractivity contribution in [2.24, 2.45) is 0 Å². The Morgan fingerprint density at radius 3 is 2.57 bits per heavy atom. The number of nitrogens with zero attached hydrogens (tertiary/aromatic N) is 1. The summed E-state index contributed by atoms with van der Waals surface area (Å²) >= 11 is 0. The third-order valence-corrected chi connectivity index (χ3v) is 5.23. The number of urea groups is 1. The van der Waals surface area contributed by atoms with Crippen LogP contribution in [0, 0.1) is 0 Å². The van der Waals surface area contributed by atoms with Gasteiger partial charge in [-0.1, -0.05) is 30.3 Å². The van der Waals surface area contributed by atoms with Gasteiger partial charge in [0.05, 0.1) is 6.10 Å². The second-order valence-corrected chi connectivity index (χ2v) is 6.99. The smallest absolute Gasteiger partial charge is 0.317 e. The van der Waals surface area contributed by atoms with Crippen molar-refractivity contribution in [2.45, 2.75) is 69.6 Å². The molecule has 1 saturated carbocycles. The molecule has 0 spiro atoms. The van der Waals surface area contributed by atoms with Crippen LogP contribution in [0.25, 0.3) is 0 Å². The summed E-state index contributed by atoms with van der Waals surface area (Å²) in [6.07, 6.45) is 7.55. The Morgan fingerprint density at radius 2 is 1.83 bits per heavy atom. The summed E-state index contributed by atoms with van der Waals surface area (Å²) in [4.78, 5) is 14.7. The van der Waals surface area contributed by atoms with E-state index in [0.717, 1.165) is 51.5 Å². The molecule has 1 aliphatic heterocycles. The van der Waals surface area contributed by atoms with Crippen LogP contribution in [-0.4, -0.2) is 40.8 Å². The molecule has 4 heteroatoms. The number of benzene rings is 1. The third kappa shape index (κ3) is 4.47. The van der Waals surface area contributed by atoms with Crippen LogP contribution in [0.1, 0.15) is 50.5 Å². The highest BCUT2D eigenvalue weighted by Crippen LogP contribution is 2.23. The molecule has 23 heavy (non-hydrogen) atoms. The number of amides is 2. The van der Waals surface area contributed by atoms with Gasteiger partial charge < -0.3 is 15.3 Å². The zero-order chi connectivity index (χ0) is 16.1. The normalized spacial score (nSPS) is 28.4. The molecule has 1 aliphatic carbocycles. The summed E-state index contributed by atoms with van der Waals surface area (Å²) in [5, 5.41) is 12.8. The van der Waals surface area contributed by atoms with Crippen molar-refractivity contribution in [2.75, 3.05) is 6.54 Å². The summed E-state index contributed by atoms with van der Waals surface area (Å²) in [5.74, 6) is 0. The van der Waals surface area contributed by atoms with Crippen LogP contribution in [0.3, 0.4) is 0 Å². The minimum Gasteiger partial charge on any atom is -0.393 e. The van der Waals surface area contributed by atoms with Crippen molar-refractivity contribution in [1.82, 2.24) is 10.2 Å². The second kappa shape index (κ2) is 7.82. The Hall–Kier alpha value is -1.55. The van der Waals surface area contributed by atoms with E-state index in [2.05, 4.69) is 29.6 Å². The van der Waals surface area contributed by atoms with E-state index in [-0.39, 0.29) is 18.2 Å². The Labute approximate surface area is 138 Å². The number of carbonyl (C=O) groups excluding carboxylic acids is 1. The van der Waals surface area contributed by atoms with Gasteiger partial charge in [0.15, 0.2) is 0 Å². The van der Waals surface area contributed by atoms with Crippen LogP contribution in [0.15, 0.2) is 30.3 Å². The first kappa shape index (κ1) is 16.3. The first-order valence-electron chi connectivity index (χ1n) is 9.01. The number of rotatable bonds is 3. The highest BCUT2D eigenvalue weighted by atomic mass is 16.3. The highest BCUT2D eigenvalue weighted by molar-refractivity contribution is 5.75. The van der Waals surface area contributed by atoms with Gasteiger partial charge in [-0.25, -0.2) is 4.79 Å². The van der Waals surface area contributed by atoms with E-state index in [1.54, 1.807) is 0 Å². The van der Waals surface area contributed by atoms with Crippen molar-refractivity contribution >= 4 is 6.03 Å². The molecule has 1 heterocycles. The summed E-state index contributed by atoms with van der Waals surface area (Å²) in [7, 11) is 0. The van der Waals surface area contributed by atoms with Crippen molar-refractivity contribution in [3.63, 3.8) is 0 Å². The van der Waals surface area contributed by atoms with Gasteiger partial charge in [0, 0.05) is 18.6 Å². The van der Waals surface area contributed by atoms with Gasteiger partial charge in [0.25, 0.3) is 0 Å². The van der Waals surface area contributed by atoms with Crippen molar-refractivity contribution in [3.8, 4) is 0 Å². The van der Waals surface area contributed by atoms with Crippen LogP contribution >= 0.6 is 0 Å². The molecule has 2 aliphatic rings. The fourth-order valence-electron chi connectivity index (χ4n) is 3.84. The molecule has 3 rings (SSSR count). The fourth-order valence-corrected chi connectivity index (χ4v) is 3.84. The molecule has 0 radical (unpaired) electrons.